The van der Waals surface area contributed by atoms with Crippen molar-refractivity contribution in [3.8, 4) is 0 Å². The van der Waals surface area contributed by atoms with Crippen LogP contribution in [0.2, 0.25) is 0 Å². The molecule has 2 rings (SSSR count). The fourth-order valence-electron chi connectivity index (χ4n) is 2.09. The Morgan fingerprint density at radius 2 is 2.40 bits per heavy atom. The van der Waals surface area contributed by atoms with Crippen LogP contribution in [0.15, 0.2) is 6.20 Å². The second-order valence-corrected chi connectivity index (χ2v) is 4.11. The van der Waals surface area contributed by atoms with E-state index < -0.39 is 0 Å². The van der Waals surface area contributed by atoms with Crippen LogP contribution in [0.5, 0.6) is 0 Å². The molecule has 0 radical (unpaired) electrons. The van der Waals surface area contributed by atoms with E-state index in [1.165, 1.54) is 0 Å². The van der Waals surface area contributed by atoms with Crippen molar-refractivity contribution in [2.45, 2.75) is 19.8 Å². The molecule has 0 aliphatic carbocycles. The number of nitrogens with zero attached hydrogens (tertiary/aromatic N) is 4. The van der Waals surface area contributed by atoms with Crippen molar-refractivity contribution in [3.05, 3.63) is 6.20 Å². The lowest BCUT2D eigenvalue weighted by atomic mass is 9.95. The number of carbonyl (C=O) groups is 1. The summed E-state index contributed by atoms with van der Waals surface area (Å²) < 4.78 is 1.75. The lowest BCUT2D eigenvalue weighted by Gasteiger charge is -2.32. The molecule has 1 unspecified atom stereocenters. The maximum atomic E-state index is 11.3. The quantitative estimate of drug-likeness (QED) is 0.715. The van der Waals surface area contributed by atoms with Gasteiger partial charge in [0, 0.05) is 26.1 Å². The van der Waals surface area contributed by atoms with Gasteiger partial charge in [-0.3, -0.25) is 4.79 Å². The molecule has 0 aromatic carbocycles. The molecule has 15 heavy (non-hydrogen) atoms. The van der Waals surface area contributed by atoms with Gasteiger partial charge >= 0.3 is 0 Å². The molecular formula is C10H16N4O. The third-order valence-corrected chi connectivity index (χ3v) is 3.01. The van der Waals surface area contributed by atoms with E-state index in [0.29, 0.717) is 0 Å². The Bertz CT molecular complexity index is 360. The zero-order valence-corrected chi connectivity index (χ0v) is 9.18. The molecule has 1 fully saturated rings. The molecule has 0 saturated carbocycles. The lowest BCUT2D eigenvalue weighted by molar-refractivity contribution is -0.120. The van der Waals surface area contributed by atoms with Gasteiger partial charge in [-0.1, -0.05) is 5.21 Å². The molecule has 1 aliphatic heterocycles. The first kappa shape index (κ1) is 10.1. The Kier molecular flexibility index (Phi) is 2.70. The van der Waals surface area contributed by atoms with E-state index >= 15 is 0 Å². The molecule has 0 bridgehead atoms. The first-order valence-electron chi connectivity index (χ1n) is 5.28. The van der Waals surface area contributed by atoms with Crippen LogP contribution < -0.4 is 4.90 Å². The summed E-state index contributed by atoms with van der Waals surface area (Å²) in [5.74, 6) is 1.46. The van der Waals surface area contributed by atoms with Crippen molar-refractivity contribution in [1.82, 2.24) is 15.0 Å². The second kappa shape index (κ2) is 4.00. The number of aromatic nitrogens is 3. The van der Waals surface area contributed by atoms with Gasteiger partial charge in [-0.15, -0.1) is 5.10 Å². The molecule has 0 N–H and O–H groups in total. The fraction of sp³-hybridized carbons (Fsp3) is 0.700. The summed E-state index contributed by atoms with van der Waals surface area (Å²) in [5.41, 5.74) is 0. The number of rotatable bonds is 2. The Morgan fingerprint density at radius 3 is 3.00 bits per heavy atom. The first-order valence-corrected chi connectivity index (χ1v) is 5.28. The van der Waals surface area contributed by atoms with E-state index in [2.05, 4.69) is 15.2 Å². The summed E-state index contributed by atoms with van der Waals surface area (Å²) in [5, 5.41) is 7.75. The van der Waals surface area contributed by atoms with Crippen molar-refractivity contribution in [1.29, 1.82) is 0 Å². The van der Waals surface area contributed by atoms with Crippen LogP contribution in [-0.2, 0) is 11.8 Å². The monoisotopic (exact) mass is 208 g/mol. The SMILES string of the molecule is CC(=O)C1CCCN(c2cnnn2C)C1. The average molecular weight is 208 g/mol. The molecule has 0 amide bonds. The predicted molar refractivity (Wildman–Crippen MR) is 56.6 cm³/mol. The Balaban J connectivity index is 2.11. The molecule has 1 atom stereocenters. The summed E-state index contributed by atoms with van der Waals surface area (Å²) in [4.78, 5) is 13.5. The number of aryl methyl sites for hydroxylation is 1. The van der Waals surface area contributed by atoms with E-state index in [-0.39, 0.29) is 11.7 Å². The highest BCUT2D eigenvalue weighted by Gasteiger charge is 2.24. The number of hydrogen-bond donors (Lipinski definition) is 0. The van der Waals surface area contributed by atoms with Crippen LogP contribution in [0.1, 0.15) is 19.8 Å². The van der Waals surface area contributed by atoms with Crippen LogP contribution >= 0.6 is 0 Å². The van der Waals surface area contributed by atoms with Crippen LogP contribution in [0.25, 0.3) is 0 Å². The molecule has 1 saturated heterocycles. The summed E-state index contributed by atoms with van der Waals surface area (Å²) in [7, 11) is 1.87. The van der Waals surface area contributed by atoms with Gasteiger partial charge in [0.05, 0.1) is 6.20 Å². The summed E-state index contributed by atoms with van der Waals surface area (Å²) >= 11 is 0. The minimum absolute atomic E-state index is 0.175. The maximum Gasteiger partial charge on any atom is 0.147 e. The standard InChI is InChI=1S/C10H16N4O/c1-8(15)9-4-3-5-14(7-9)10-6-11-12-13(10)2/h6,9H,3-5,7H2,1-2H3. The van der Waals surface area contributed by atoms with E-state index in [1.807, 2.05) is 7.05 Å². The molecule has 0 spiro atoms. The molecule has 5 nitrogen and oxygen atoms in total. The van der Waals surface area contributed by atoms with Crippen molar-refractivity contribution in [2.75, 3.05) is 18.0 Å². The molecule has 1 aromatic heterocycles. The highest BCUT2D eigenvalue weighted by atomic mass is 16.1. The van der Waals surface area contributed by atoms with Crippen molar-refractivity contribution in [2.24, 2.45) is 13.0 Å². The Hall–Kier alpha value is -1.39. The summed E-state index contributed by atoms with van der Waals surface area (Å²) in [6, 6.07) is 0. The minimum atomic E-state index is 0.175. The van der Waals surface area contributed by atoms with E-state index in [0.717, 1.165) is 31.7 Å². The van der Waals surface area contributed by atoms with Crippen LogP contribution in [0.3, 0.4) is 0 Å². The first-order chi connectivity index (χ1) is 7.18. The van der Waals surface area contributed by atoms with Crippen LogP contribution in [0.4, 0.5) is 5.82 Å². The maximum absolute atomic E-state index is 11.3. The molecule has 82 valence electrons. The number of piperidine rings is 1. The van der Waals surface area contributed by atoms with E-state index in [1.54, 1.807) is 17.8 Å². The van der Waals surface area contributed by atoms with Crippen LogP contribution in [0, 0.1) is 5.92 Å². The highest BCUT2D eigenvalue weighted by molar-refractivity contribution is 5.79. The molecule has 2 heterocycles. The lowest BCUT2D eigenvalue weighted by Crippen LogP contribution is -2.39. The van der Waals surface area contributed by atoms with Gasteiger partial charge in [0.2, 0.25) is 0 Å². The molecule has 1 aliphatic rings. The van der Waals surface area contributed by atoms with Gasteiger partial charge in [-0.25, -0.2) is 4.68 Å². The third-order valence-electron chi connectivity index (χ3n) is 3.01. The van der Waals surface area contributed by atoms with E-state index in [9.17, 15) is 4.79 Å². The van der Waals surface area contributed by atoms with Crippen molar-refractivity contribution in [3.63, 3.8) is 0 Å². The van der Waals surface area contributed by atoms with Crippen molar-refractivity contribution >= 4 is 11.6 Å². The number of ketones is 1. The van der Waals surface area contributed by atoms with Gasteiger partial charge in [0.1, 0.15) is 11.6 Å². The van der Waals surface area contributed by atoms with Gasteiger partial charge in [0.15, 0.2) is 0 Å². The van der Waals surface area contributed by atoms with Gasteiger partial charge in [0.25, 0.3) is 0 Å². The zero-order chi connectivity index (χ0) is 10.8. The average Bonchev–Trinajstić information content (AvgIpc) is 2.64. The Labute approximate surface area is 89.1 Å². The van der Waals surface area contributed by atoms with Crippen LogP contribution in [-0.4, -0.2) is 33.9 Å². The zero-order valence-electron chi connectivity index (χ0n) is 9.18. The molecular weight excluding hydrogens is 192 g/mol. The van der Waals surface area contributed by atoms with Gasteiger partial charge in [-0.2, -0.15) is 0 Å². The number of anilines is 1. The summed E-state index contributed by atoms with van der Waals surface area (Å²) in [6.07, 6.45) is 3.83. The smallest absolute Gasteiger partial charge is 0.147 e. The fourth-order valence-corrected chi connectivity index (χ4v) is 2.09. The summed E-state index contributed by atoms with van der Waals surface area (Å²) in [6.45, 7) is 3.47. The predicted octanol–water partition coefficient (Wildman–Crippen LogP) is 0.620. The molecule has 1 aromatic rings. The number of Topliss-reactive ketones (excluding diaryl/α,β-unsaturated/α-hetero) is 1. The number of carbonyl (C=O) groups excluding carboxylic acids is 1. The van der Waals surface area contributed by atoms with Crippen molar-refractivity contribution < 1.29 is 4.79 Å². The topological polar surface area (TPSA) is 51.0 Å². The molecule has 5 heteroatoms. The van der Waals surface area contributed by atoms with Gasteiger partial charge < -0.3 is 4.90 Å². The number of hydrogen-bond acceptors (Lipinski definition) is 4. The third kappa shape index (κ3) is 2.00. The second-order valence-electron chi connectivity index (χ2n) is 4.11. The normalized spacial score (nSPS) is 21.7. The van der Waals surface area contributed by atoms with Gasteiger partial charge in [-0.05, 0) is 19.8 Å². The minimum Gasteiger partial charge on any atom is -0.355 e. The highest BCUT2D eigenvalue weighted by Crippen LogP contribution is 2.22. The Morgan fingerprint density at radius 1 is 1.60 bits per heavy atom. The van der Waals surface area contributed by atoms with E-state index in [4.69, 9.17) is 0 Å². The largest absolute Gasteiger partial charge is 0.355 e.